The lowest BCUT2D eigenvalue weighted by atomic mass is 9.81. The number of aliphatic hydroxyl groups is 1. The van der Waals surface area contributed by atoms with Crippen molar-refractivity contribution in [3.63, 3.8) is 0 Å². The van der Waals surface area contributed by atoms with E-state index in [2.05, 4.69) is 36.7 Å². The van der Waals surface area contributed by atoms with E-state index >= 15 is 0 Å². The third-order valence-corrected chi connectivity index (χ3v) is 5.46. The number of allylic oxidation sites excluding steroid dienone is 9. The number of hydrogen-bond acceptors (Lipinski definition) is 2. The van der Waals surface area contributed by atoms with E-state index in [0.29, 0.717) is 6.04 Å². The van der Waals surface area contributed by atoms with E-state index in [9.17, 15) is 5.11 Å². The van der Waals surface area contributed by atoms with Crippen molar-refractivity contribution < 1.29 is 5.11 Å². The molecule has 0 heterocycles. The van der Waals surface area contributed by atoms with Crippen LogP contribution in [0.15, 0.2) is 72.9 Å². The maximum Gasteiger partial charge on any atom is 0.0511 e. The monoisotopic (exact) mass is 353 g/mol. The smallest absolute Gasteiger partial charge is 0.0511 e. The van der Waals surface area contributed by atoms with Gasteiger partial charge < -0.3 is 10.4 Å². The molecule has 0 bridgehead atoms. The van der Waals surface area contributed by atoms with Crippen molar-refractivity contribution >= 4 is 0 Å². The van der Waals surface area contributed by atoms with Crippen LogP contribution in [0.2, 0.25) is 0 Å². The van der Waals surface area contributed by atoms with Crippen LogP contribution in [0.4, 0.5) is 0 Å². The summed E-state index contributed by atoms with van der Waals surface area (Å²) < 4.78 is 0. The number of aliphatic hydroxyl groups excluding tert-OH is 1. The van der Waals surface area contributed by atoms with Gasteiger partial charge in [-0.1, -0.05) is 80.2 Å². The van der Waals surface area contributed by atoms with Crippen LogP contribution >= 0.6 is 0 Å². The summed E-state index contributed by atoms with van der Waals surface area (Å²) in [6.07, 6.45) is 25.3. The Morgan fingerprint density at radius 2 is 2.15 bits per heavy atom. The minimum atomic E-state index is 0.0913. The van der Waals surface area contributed by atoms with Gasteiger partial charge in [0.05, 0.1) is 6.61 Å². The van der Waals surface area contributed by atoms with Crippen LogP contribution < -0.4 is 5.32 Å². The van der Waals surface area contributed by atoms with Crippen molar-refractivity contribution in [2.24, 2.45) is 11.8 Å². The molecule has 0 spiro atoms. The highest BCUT2D eigenvalue weighted by Gasteiger charge is 2.23. The molecular weight excluding hydrogens is 318 g/mol. The number of nitrogens with one attached hydrogen (secondary N) is 1. The zero-order valence-electron chi connectivity index (χ0n) is 16.1. The summed E-state index contributed by atoms with van der Waals surface area (Å²) >= 11 is 0. The molecule has 2 N–H and O–H groups in total. The van der Waals surface area contributed by atoms with Crippen molar-refractivity contribution in [1.29, 1.82) is 0 Å². The topological polar surface area (TPSA) is 32.3 Å². The van der Waals surface area contributed by atoms with E-state index in [-0.39, 0.29) is 12.5 Å². The molecule has 2 heteroatoms. The van der Waals surface area contributed by atoms with E-state index in [0.717, 1.165) is 18.0 Å². The Hall–Kier alpha value is -1.64. The van der Waals surface area contributed by atoms with Crippen LogP contribution in [-0.4, -0.2) is 24.3 Å². The lowest BCUT2D eigenvalue weighted by Crippen LogP contribution is -2.38. The van der Waals surface area contributed by atoms with Crippen LogP contribution in [0.25, 0.3) is 0 Å². The van der Waals surface area contributed by atoms with Crippen molar-refractivity contribution in [2.75, 3.05) is 13.2 Å². The minimum absolute atomic E-state index is 0.0913. The Morgan fingerprint density at radius 3 is 2.85 bits per heavy atom. The second-order valence-corrected chi connectivity index (χ2v) is 7.48. The maximum absolute atomic E-state index is 9.83. The summed E-state index contributed by atoms with van der Waals surface area (Å²) in [5.41, 5.74) is 2.63. The van der Waals surface area contributed by atoms with Crippen molar-refractivity contribution in [3.05, 3.63) is 72.9 Å². The lowest BCUT2D eigenvalue weighted by Gasteiger charge is -2.31. The fourth-order valence-corrected chi connectivity index (χ4v) is 4.05. The molecule has 2 aliphatic carbocycles. The second kappa shape index (κ2) is 11.9. The number of rotatable bonds is 10. The van der Waals surface area contributed by atoms with Gasteiger partial charge >= 0.3 is 0 Å². The van der Waals surface area contributed by atoms with Crippen LogP contribution in [0, 0.1) is 11.8 Å². The Bertz CT molecular complexity index is 567. The first-order valence-electron chi connectivity index (χ1n) is 10.1. The van der Waals surface area contributed by atoms with Gasteiger partial charge in [0, 0.05) is 18.5 Å². The average molecular weight is 354 g/mol. The van der Waals surface area contributed by atoms with Gasteiger partial charge in [-0.3, -0.25) is 0 Å². The quantitative estimate of drug-likeness (QED) is 0.525. The first kappa shape index (κ1) is 20.7. The maximum atomic E-state index is 9.83. The van der Waals surface area contributed by atoms with Gasteiger partial charge in [-0.05, 0) is 43.6 Å². The summed E-state index contributed by atoms with van der Waals surface area (Å²) in [6, 6.07) is 0.560. The molecule has 0 aromatic carbocycles. The van der Waals surface area contributed by atoms with E-state index < -0.39 is 0 Å². The Morgan fingerprint density at radius 1 is 1.27 bits per heavy atom. The second-order valence-electron chi connectivity index (χ2n) is 7.48. The van der Waals surface area contributed by atoms with E-state index in [1.807, 2.05) is 18.2 Å². The highest BCUT2D eigenvalue weighted by atomic mass is 16.3. The van der Waals surface area contributed by atoms with Crippen molar-refractivity contribution in [3.8, 4) is 0 Å². The molecule has 142 valence electrons. The van der Waals surface area contributed by atoms with Gasteiger partial charge in [-0.2, -0.15) is 0 Å². The van der Waals surface area contributed by atoms with Gasteiger partial charge in [0.25, 0.3) is 0 Å². The summed E-state index contributed by atoms with van der Waals surface area (Å²) in [4.78, 5) is 0. The number of hydrogen-bond donors (Lipinski definition) is 2. The molecule has 2 nitrogen and oxygen atoms in total. The largest absolute Gasteiger partial charge is 0.396 e. The molecular formula is C24H35NO. The van der Waals surface area contributed by atoms with Gasteiger partial charge in [0.2, 0.25) is 0 Å². The fourth-order valence-electron chi connectivity index (χ4n) is 4.05. The zero-order chi connectivity index (χ0) is 18.6. The Labute approximate surface area is 159 Å². The molecule has 2 rings (SSSR count). The van der Waals surface area contributed by atoms with Crippen LogP contribution in [0.3, 0.4) is 0 Å². The Balaban J connectivity index is 1.86. The van der Waals surface area contributed by atoms with Crippen LogP contribution in [0.5, 0.6) is 0 Å². The SMILES string of the molecule is C=C/C=C\C(=C/C=C)C(CO)CNC1CCCC(CC2=CCCC=C2)C1. The highest BCUT2D eigenvalue weighted by Crippen LogP contribution is 2.31. The third kappa shape index (κ3) is 6.93. The molecule has 0 amide bonds. The molecule has 2 aliphatic rings. The molecule has 3 unspecified atom stereocenters. The van der Waals surface area contributed by atoms with E-state index in [4.69, 9.17) is 0 Å². The first-order valence-corrected chi connectivity index (χ1v) is 10.1. The van der Waals surface area contributed by atoms with Crippen molar-refractivity contribution in [1.82, 2.24) is 5.32 Å². The average Bonchev–Trinajstić information content (AvgIpc) is 2.67. The molecule has 0 aromatic rings. The summed E-state index contributed by atoms with van der Waals surface area (Å²) in [5.74, 6) is 0.875. The minimum Gasteiger partial charge on any atom is -0.396 e. The highest BCUT2D eigenvalue weighted by molar-refractivity contribution is 5.28. The predicted octanol–water partition coefficient (Wildman–Crippen LogP) is 5.26. The molecule has 1 fully saturated rings. The Kier molecular flexibility index (Phi) is 9.44. The van der Waals surface area contributed by atoms with Gasteiger partial charge in [-0.25, -0.2) is 0 Å². The zero-order valence-corrected chi connectivity index (χ0v) is 16.1. The normalized spacial score (nSPS) is 25.1. The van der Waals surface area contributed by atoms with Crippen LogP contribution in [0.1, 0.15) is 44.9 Å². The summed E-state index contributed by atoms with van der Waals surface area (Å²) in [6.45, 7) is 8.46. The third-order valence-electron chi connectivity index (χ3n) is 5.46. The van der Waals surface area contributed by atoms with E-state index in [1.54, 1.807) is 12.2 Å². The molecule has 0 saturated heterocycles. The summed E-state index contributed by atoms with van der Waals surface area (Å²) in [5, 5.41) is 13.6. The molecule has 26 heavy (non-hydrogen) atoms. The lowest BCUT2D eigenvalue weighted by molar-refractivity contribution is 0.226. The predicted molar refractivity (Wildman–Crippen MR) is 113 cm³/mol. The molecule has 3 atom stereocenters. The molecule has 0 aliphatic heterocycles. The van der Waals surface area contributed by atoms with Crippen LogP contribution in [-0.2, 0) is 0 Å². The first-order chi connectivity index (χ1) is 12.8. The molecule has 0 aromatic heterocycles. The molecule has 0 radical (unpaired) electrons. The van der Waals surface area contributed by atoms with Crippen molar-refractivity contribution in [2.45, 2.75) is 51.0 Å². The van der Waals surface area contributed by atoms with Gasteiger partial charge in [-0.15, -0.1) is 0 Å². The standard InChI is InChI=1S/C24H35NO/c1-3-5-14-22(10-4-2)23(19-26)18-25-24-15-9-13-21(17-24)16-20-11-7-6-8-12-20/h3-5,7,10-12,14,21,23-26H,1-2,6,8-9,13,15-19H2/b14-5-,22-10+. The molecule has 1 saturated carbocycles. The van der Waals surface area contributed by atoms with Gasteiger partial charge in [0.15, 0.2) is 0 Å². The van der Waals surface area contributed by atoms with Gasteiger partial charge in [0.1, 0.15) is 0 Å². The summed E-state index contributed by atoms with van der Waals surface area (Å²) in [7, 11) is 0. The van der Waals surface area contributed by atoms with E-state index in [1.165, 1.54) is 50.5 Å². The fraction of sp³-hybridized carbons (Fsp3) is 0.500.